The van der Waals surface area contributed by atoms with E-state index in [0.29, 0.717) is 24.7 Å². The third kappa shape index (κ3) is 5.09. The van der Waals surface area contributed by atoms with Crippen LogP contribution in [0.2, 0.25) is 0 Å². The number of carbonyl (C=O) groups is 1. The second-order valence-electron chi connectivity index (χ2n) is 4.94. The molecule has 0 aliphatic carbocycles. The van der Waals surface area contributed by atoms with E-state index in [1.807, 2.05) is 0 Å². The van der Waals surface area contributed by atoms with Crippen LogP contribution in [0.4, 0.5) is 5.69 Å². The van der Waals surface area contributed by atoms with Gasteiger partial charge in [-0.1, -0.05) is 0 Å². The monoisotopic (exact) mass is 278 g/mol. The van der Waals surface area contributed by atoms with Crippen LogP contribution < -0.4 is 10.5 Å². The number of nitrogen functional groups attached to an aromatic ring is 1. The van der Waals surface area contributed by atoms with Crippen molar-refractivity contribution in [2.45, 2.75) is 19.3 Å². The molecular formula is C15H22N2O3. The molecule has 20 heavy (non-hydrogen) atoms. The number of hydrogen-bond acceptors (Lipinski definition) is 5. The fraction of sp³-hybridized carbons (Fsp3) is 0.533. The van der Waals surface area contributed by atoms with Crippen LogP contribution in [-0.4, -0.2) is 43.7 Å². The molecule has 0 radical (unpaired) electrons. The van der Waals surface area contributed by atoms with Crippen molar-refractivity contribution in [3.05, 3.63) is 24.3 Å². The zero-order valence-corrected chi connectivity index (χ0v) is 11.7. The summed E-state index contributed by atoms with van der Waals surface area (Å²) >= 11 is 0. The van der Waals surface area contributed by atoms with Crippen molar-refractivity contribution in [2.75, 3.05) is 38.6 Å². The Bertz CT molecular complexity index is 414. The first-order valence-electron chi connectivity index (χ1n) is 7.10. The van der Waals surface area contributed by atoms with E-state index in [-0.39, 0.29) is 12.4 Å². The highest BCUT2D eigenvalue weighted by atomic mass is 16.5. The number of hydrogen-bond donors (Lipinski definition) is 1. The summed E-state index contributed by atoms with van der Waals surface area (Å²) in [5, 5.41) is 0. The predicted molar refractivity (Wildman–Crippen MR) is 77.6 cm³/mol. The fourth-order valence-electron chi connectivity index (χ4n) is 2.18. The number of ether oxygens (including phenoxy) is 2. The lowest BCUT2D eigenvalue weighted by Gasteiger charge is -2.14. The topological polar surface area (TPSA) is 64.8 Å². The van der Waals surface area contributed by atoms with Crippen molar-refractivity contribution in [3.63, 3.8) is 0 Å². The summed E-state index contributed by atoms with van der Waals surface area (Å²) < 4.78 is 10.6. The van der Waals surface area contributed by atoms with Gasteiger partial charge in [-0.05, 0) is 50.2 Å². The van der Waals surface area contributed by atoms with Crippen LogP contribution in [0.3, 0.4) is 0 Å². The highest BCUT2D eigenvalue weighted by Gasteiger charge is 2.11. The maximum Gasteiger partial charge on any atom is 0.309 e. The summed E-state index contributed by atoms with van der Waals surface area (Å²) in [5.74, 6) is 0.503. The summed E-state index contributed by atoms with van der Waals surface area (Å²) in [5.41, 5.74) is 6.27. The van der Waals surface area contributed by atoms with Gasteiger partial charge >= 0.3 is 5.97 Å². The first kappa shape index (κ1) is 14.7. The zero-order valence-electron chi connectivity index (χ0n) is 11.7. The molecule has 1 saturated heterocycles. The molecule has 1 aromatic rings. The molecule has 5 heteroatoms. The lowest BCUT2D eigenvalue weighted by molar-refractivity contribution is -0.144. The van der Waals surface area contributed by atoms with E-state index < -0.39 is 0 Å². The molecule has 1 aliphatic rings. The molecule has 0 saturated carbocycles. The summed E-state index contributed by atoms with van der Waals surface area (Å²) in [6.45, 7) is 3.88. The van der Waals surface area contributed by atoms with Gasteiger partial charge in [0.05, 0.1) is 13.0 Å². The van der Waals surface area contributed by atoms with Gasteiger partial charge in [-0.2, -0.15) is 0 Å². The standard InChI is InChI=1S/C15H22N2O3/c16-13-3-5-14(6-4-13)19-11-7-15(18)20-12-10-17-8-1-2-9-17/h3-6H,1-2,7-12,16H2. The average Bonchev–Trinajstić information content (AvgIpc) is 2.94. The maximum absolute atomic E-state index is 11.5. The highest BCUT2D eigenvalue weighted by molar-refractivity contribution is 5.69. The normalized spacial score (nSPS) is 15.2. The third-order valence-electron chi connectivity index (χ3n) is 3.32. The van der Waals surface area contributed by atoms with E-state index in [9.17, 15) is 4.79 Å². The Morgan fingerprint density at radius 2 is 1.85 bits per heavy atom. The molecule has 0 amide bonds. The molecule has 2 rings (SSSR count). The zero-order chi connectivity index (χ0) is 14.2. The maximum atomic E-state index is 11.5. The number of benzene rings is 1. The minimum atomic E-state index is -0.209. The first-order chi connectivity index (χ1) is 9.74. The minimum Gasteiger partial charge on any atom is -0.493 e. The molecule has 110 valence electrons. The van der Waals surface area contributed by atoms with Crippen molar-refractivity contribution < 1.29 is 14.3 Å². The molecular weight excluding hydrogens is 256 g/mol. The van der Waals surface area contributed by atoms with Gasteiger partial charge in [-0.25, -0.2) is 0 Å². The van der Waals surface area contributed by atoms with Crippen LogP contribution >= 0.6 is 0 Å². The summed E-state index contributed by atoms with van der Waals surface area (Å²) in [7, 11) is 0. The summed E-state index contributed by atoms with van der Waals surface area (Å²) in [6.07, 6.45) is 2.77. The lowest BCUT2D eigenvalue weighted by Crippen LogP contribution is -2.25. The predicted octanol–water partition coefficient (Wildman–Crippen LogP) is 1.68. The van der Waals surface area contributed by atoms with Crippen LogP contribution in [0, 0.1) is 0 Å². The van der Waals surface area contributed by atoms with Crippen LogP contribution in [-0.2, 0) is 9.53 Å². The molecule has 1 aliphatic heterocycles. The molecule has 0 unspecified atom stereocenters. The van der Waals surface area contributed by atoms with Gasteiger partial charge in [-0.15, -0.1) is 0 Å². The molecule has 1 heterocycles. The van der Waals surface area contributed by atoms with Gasteiger partial charge in [0.1, 0.15) is 12.4 Å². The average molecular weight is 278 g/mol. The molecule has 1 fully saturated rings. The molecule has 0 bridgehead atoms. The van der Waals surface area contributed by atoms with Gasteiger partial charge in [0.25, 0.3) is 0 Å². The number of rotatable bonds is 7. The fourth-order valence-corrected chi connectivity index (χ4v) is 2.18. The number of nitrogens with two attached hydrogens (primary N) is 1. The summed E-state index contributed by atoms with van der Waals surface area (Å²) in [4.78, 5) is 13.8. The van der Waals surface area contributed by atoms with Crippen molar-refractivity contribution in [1.29, 1.82) is 0 Å². The number of anilines is 1. The largest absolute Gasteiger partial charge is 0.493 e. The Hall–Kier alpha value is -1.75. The van der Waals surface area contributed by atoms with Crippen LogP contribution in [0.25, 0.3) is 0 Å². The molecule has 5 nitrogen and oxygen atoms in total. The third-order valence-corrected chi connectivity index (χ3v) is 3.32. The number of likely N-dealkylation sites (tertiary alicyclic amines) is 1. The van der Waals surface area contributed by atoms with E-state index in [2.05, 4.69) is 4.90 Å². The molecule has 0 aromatic heterocycles. The lowest BCUT2D eigenvalue weighted by atomic mass is 10.3. The van der Waals surface area contributed by atoms with Gasteiger partial charge in [-0.3, -0.25) is 9.69 Å². The Morgan fingerprint density at radius 3 is 2.55 bits per heavy atom. The van der Waals surface area contributed by atoms with E-state index >= 15 is 0 Å². The molecule has 0 spiro atoms. The van der Waals surface area contributed by atoms with Crippen molar-refractivity contribution in [2.24, 2.45) is 0 Å². The van der Waals surface area contributed by atoms with Gasteiger partial charge in [0, 0.05) is 12.2 Å². The number of esters is 1. The van der Waals surface area contributed by atoms with Gasteiger partial charge < -0.3 is 15.2 Å². The Morgan fingerprint density at radius 1 is 1.15 bits per heavy atom. The Balaban J connectivity index is 1.54. The van der Waals surface area contributed by atoms with E-state index in [1.54, 1.807) is 24.3 Å². The second kappa shape index (κ2) is 7.75. The van der Waals surface area contributed by atoms with Gasteiger partial charge in [0.2, 0.25) is 0 Å². The molecule has 2 N–H and O–H groups in total. The van der Waals surface area contributed by atoms with Gasteiger partial charge in [0.15, 0.2) is 0 Å². The molecule has 1 aromatic carbocycles. The number of nitrogens with zero attached hydrogens (tertiary/aromatic N) is 1. The van der Waals surface area contributed by atoms with Crippen LogP contribution in [0.1, 0.15) is 19.3 Å². The smallest absolute Gasteiger partial charge is 0.309 e. The van der Waals surface area contributed by atoms with Crippen molar-refractivity contribution in [3.8, 4) is 5.75 Å². The second-order valence-corrected chi connectivity index (χ2v) is 4.94. The van der Waals surface area contributed by atoms with E-state index in [0.717, 1.165) is 19.6 Å². The quantitative estimate of drug-likeness (QED) is 0.607. The van der Waals surface area contributed by atoms with Crippen LogP contribution in [0.5, 0.6) is 5.75 Å². The van der Waals surface area contributed by atoms with Crippen molar-refractivity contribution in [1.82, 2.24) is 4.90 Å². The van der Waals surface area contributed by atoms with E-state index in [4.69, 9.17) is 15.2 Å². The Kier molecular flexibility index (Phi) is 5.68. The SMILES string of the molecule is Nc1ccc(OCCC(=O)OCCN2CCCC2)cc1. The van der Waals surface area contributed by atoms with Crippen LogP contribution in [0.15, 0.2) is 24.3 Å². The Labute approximate surface area is 119 Å². The molecule has 0 atom stereocenters. The summed E-state index contributed by atoms with van der Waals surface area (Å²) in [6, 6.07) is 7.11. The number of carbonyl (C=O) groups excluding carboxylic acids is 1. The van der Waals surface area contributed by atoms with Crippen molar-refractivity contribution >= 4 is 11.7 Å². The first-order valence-corrected chi connectivity index (χ1v) is 7.10. The minimum absolute atomic E-state index is 0.209. The van der Waals surface area contributed by atoms with E-state index in [1.165, 1.54) is 12.8 Å². The highest BCUT2D eigenvalue weighted by Crippen LogP contribution is 2.13.